The summed E-state index contributed by atoms with van der Waals surface area (Å²) in [6.07, 6.45) is 0. The average Bonchev–Trinajstić information content (AvgIpc) is 2.27. The molecule has 0 aliphatic heterocycles. The van der Waals surface area contributed by atoms with Crippen LogP contribution < -0.4 is 5.43 Å². The monoisotopic (exact) mass is 305 g/mol. The molecule has 8 heteroatoms. The zero-order valence-corrected chi connectivity index (χ0v) is 12.7. The third-order valence-electron chi connectivity index (χ3n) is 2.28. The number of rotatable bonds is 4. The quantitative estimate of drug-likeness (QED) is 0.835. The fourth-order valence-corrected chi connectivity index (χ4v) is 2.70. The second-order valence-electron chi connectivity index (χ2n) is 4.27. The lowest BCUT2D eigenvalue weighted by Crippen LogP contribution is -2.36. The Hall–Kier alpha value is -1.15. The van der Waals surface area contributed by atoms with Gasteiger partial charge < -0.3 is 0 Å². The number of hydrogen-bond acceptors (Lipinski definition) is 4. The van der Waals surface area contributed by atoms with E-state index in [4.69, 9.17) is 11.6 Å². The standard InChI is InChI=1S/C11H16ClN3O3S/c1-14(2)13-11(16)8-5-6-9(12)10(7-8)19(17,18)15(3)4/h5-7H,1-4H3,(H,13,16). The molecule has 0 unspecified atom stereocenters. The highest BCUT2D eigenvalue weighted by molar-refractivity contribution is 7.89. The van der Waals surface area contributed by atoms with Gasteiger partial charge in [0, 0.05) is 33.8 Å². The van der Waals surface area contributed by atoms with E-state index in [9.17, 15) is 13.2 Å². The minimum atomic E-state index is -3.68. The number of amides is 1. The van der Waals surface area contributed by atoms with Crippen molar-refractivity contribution in [2.75, 3.05) is 28.2 Å². The highest BCUT2D eigenvalue weighted by atomic mass is 35.5. The Balaban J connectivity index is 3.26. The minimum absolute atomic E-state index is 0.0788. The Morgan fingerprint density at radius 1 is 1.21 bits per heavy atom. The molecule has 0 spiro atoms. The predicted octanol–water partition coefficient (Wildman–Crippen LogP) is 0.797. The van der Waals surface area contributed by atoms with Crippen LogP contribution in [-0.2, 0) is 10.0 Å². The van der Waals surface area contributed by atoms with E-state index in [1.807, 2.05) is 0 Å². The molecule has 0 radical (unpaired) electrons. The van der Waals surface area contributed by atoms with E-state index in [2.05, 4.69) is 5.43 Å². The van der Waals surface area contributed by atoms with Crippen molar-refractivity contribution in [2.24, 2.45) is 0 Å². The van der Waals surface area contributed by atoms with E-state index in [0.717, 1.165) is 4.31 Å². The van der Waals surface area contributed by atoms with Crippen molar-refractivity contribution in [1.82, 2.24) is 14.7 Å². The molecule has 1 amide bonds. The average molecular weight is 306 g/mol. The first-order chi connectivity index (χ1) is 8.66. The fraction of sp³-hybridized carbons (Fsp3) is 0.364. The summed E-state index contributed by atoms with van der Waals surface area (Å²) in [4.78, 5) is 11.7. The molecule has 0 aliphatic rings. The van der Waals surface area contributed by atoms with Crippen molar-refractivity contribution in [3.63, 3.8) is 0 Å². The summed E-state index contributed by atoms with van der Waals surface area (Å²) in [6.45, 7) is 0. The van der Waals surface area contributed by atoms with Crippen LogP contribution in [0.1, 0.15) is 10.4 Å². The van der Waals surface area contributed by atoms with Crippen LogP contribution in [0.5, 0.6) is 0 Å². The van der Waals surface area contributed by atoms with Crippen LogP contribution in [0, 0.1) is 0 Å². The summed E-state index contributed by atoms with van der Waals surface area (Å²) in [6, 6.07) is 4.12. The van der Waals surface area contributed by atoms with Gasteiger partial charge in [0.05, 0.1) is 5.02 Å². The highest BCUT2D eigenvalue weighted by Crippen LogP contribution is 2.24. The molecule has 106 valence electrons. The molecular formula is C11H16ClN3O3S. The summed E-state index contributed by atoms with van der Waals surface area (Å²) < 4.78 is 25.1. The molecule has 0 aliphatic carbocycles. The second-order valence-corrected chi connectivity index (χ2v) is 6.80. The summed E-state index contributed by atoms with van der Waals surface area (Å²) >= 11 is 5.89. The zero-order chi connectivity index (χ0) is 14.8. The number of benzene rings is 1. The molecule has 0 saturated heterocycles. The Kier molecular flexibility index (Phi) is 4.92. The Morgan fingerprint density at radius 3 is 2.26 bits per heavy atom. The van der Waals surface area contributed by atoms with Crippen molar-refractivity contribution < 1.29 is 13.2 Å². The number of carbonyl (C=O) groups is 1. The molecule has 0 fully saturated rings. The Labute approximate surface area is 118 Å². The van der Waals surface area contributed by atoms with Crippen molar-refractivity contribution in [2.45, 2.75) is 4.90 Å². The van der Waals surface area contributed by atoms with Gasteiger partial charge in [0.15, 0.2) is 0 Å². The van der Waals surface area contributed by atoms with E-state index in [-0.39, 0.29) is 15.5 Å². The normalized spacial score (nSPS) is 11.9. The van der Waals surface area contributed by atoms with Crippen LogP contribution in [0.3, 0.4) is 0 Å². The van der Waals surface area contributed by atoms with Crippen LogP contribution in [0.4, 0.5) is 0 Å². The number of halogens is 1. The summed E-state index contributed by atoms with van der Waals surface area (Å²) in [5.74, 6) is -0.406. The number of hydrazine groups is 1. The first-order valence-corrected chi connectivity index (χ1v) is 7.18. The lowest BCUT2D eigenvalue weighted by Gasteiger charge is -2.15. The number of hydrogen-bond donors (Lipinski definition) is 1. The topological polar surface area (TPSA) is 69.7 Å². The van der Waals surface area contributed by atoms with Gasteiger partial charge in [0.2, 0.25) is 10.0 Å². The summed E-state index contributed by atoms with van der Waals surface area (Å²) in [5, 5.41) is 1.55. The van der Waals surface area contributed by atoms with E-state index in [1.165, 1.54) is 37.3 Å². The number of nitrogens with zero attached hydrogens (tertiary/aromatic N) is 2. The van der Waals surface area contributed by atoms with Crippen LogP contribution in [0.15, 0.2) is 23.1 Å². The predicted molar refractivity (Wildman–Crippen MR) is 73.5 cm³/mol. The maximum absolute atomic E-state index is 12.0. The molecule has 19 heavy (non-hydrogen) atoms. The first kappa shape index (κ1) is 15.9. The number of nitrogens with one attached hydrogen (secondary N) is 1. The van der Waals surface area contributed by atoms with Crippen LogP contribution in [0.25, 0.3) is 0 Å². The van der Waals surface area contributed by atoms with Gasteiger partial charge in [-0.05, 0) is 18.2 Å². The smallest absolute Gasteiger partial charge is 0.265 e. The van der Waals surface area contributed by atoms with Gasteiger partial charge >= 0.3 is 0 Å². The SMILES string of the molecule is CN(C)NC(=O)c1ccc(Cl)c(S(=O)(=O)N(C)C)c1. The molecule has 1 rings (SSSR count). The van der Waals surface area contributed by atoms with Gasteiger partial charge in [0.1, 0.15) is 4.90 Å². The van der Waals surface area contributed by atoms with E-state index in [1.54, 1.807) is 14.1 Å². The lowest BCUT2D eigenvalue weighted by molar-refractivity contribution is 0.0856. The zero-order valence-electron chi connectivity index (χ0n) is 11.1. The van der Waals surface area contributed by atoms with Gasteiger partial charge in [-0.25, -0.2) is 17.7 Å². The lowest BCUT2D eigenvalue weighted by atomic mass is 10.2. The third kappa shape index (κ3) is 3.66. The van der Waals surface area contributed by atoms with Gasteiger partial charge in [-0.1, -0.05) is 11.6 Å². The summed E-state index contributed by atoms with van der Waals surface area (Å²) in [7, 11) is 2.43. The highest BCUT2D eigenvalue weighted by Gasteiger charge is 2.22. The Bertz CT molecular complexity index is 585. The maximum atomic E-state index is 12.0. The van der Waals surface area contributed by atoms with Crippen LogP contribution in [0.2, 0.25) is 5.02 Å². The molecule has 0 heterocycles. The Morgan fingerprint density at radius 2 is 1.79 bits per heavy atom. The molecule has 0 saturated carbocycles. The first-order valence-electron chi connectivity index (χ1n) is 5.36. The van der Waals surface area contributed by atoms with E-state index >= 15 is 0 Å². The van der Waals surface area contributed by atoms with Gasteiger partial charge in [0.25, 0.3) is 5.91 Å². The van der Waals surface area contributed by atoms with Crippen LogP contribution in [-0.4, -0.2) is 51.8 Å². The minimum Gasteiger partial charge on any atom is -0.285 e. The van der Waals surface area contributed by atoms with Gasteiger partial charge in [-0.2, -0.15) is 0 Å². The third-order valence-corrected chi connectivity index (χ3v) is 4.57. The molecule has 0 bridgehead atoms. The van der Waals surface area contributed by atoms with Crippen molar-refractivity contribution in [3.05, 3.63) is 28.8 Å². The van der Waals surface area contributed by atoms with Crippen molar-refractivity contribution in [3.8, 4) is 0 Å². The largest absolute Gasteiger partial charge is 0.285 e. The molecule has 6 nitrogen and oxygen atoms in total. The van der Waals surface area contributed by atoms with Crippen molar-refractivity contribution >= 4 is 27.5 Å². The number of carbonyl (C=O) groups excluding carboxylic acids is 1. The van der Waals surface area contributed by atoms with Gasteiger partial charge in [-0.3, -0.25) is 10.2 Å². The molecule has 0 atom stereocenters. The summed E-state index contributed by atoms with van der Waals surface area (Å²) in [5.41, 5.74) is 2.75. The van der Waals surface area contributed by atoms with E-state index in [0.29, 0.717) is 0 Å². The fourth-order valence-electron chi connectivity index (χ4n) is 1.31. The van der Waals surface area contributed by atoms with E-state index < -0.39 is 15.9 Å². The molecule has 1 aromatic rings. The molecular weight excluding hydrogens is 290 g/mol. The molecule has 1 N–H and O–H groups in total. The second kappa shape index (κ2) is 5.87. The molecule has 0 aromatic heterocycles. The van der Waals surface area contributed by atoms with Crippen molar-refractivity contribution in [1.29, 1.82) is 0 Å². The number of sulfonamides is 1. The molecule has 1 aromatic carbocycles. The maximum Gasteiger partial charge on any atom is 0.265 e. The van der Waals surface area contributed by atoms with Crippen LogP contribution >= 0.6 is 11.6 Å². The van der Waals surface area contributed by atoms with Gasteiger partial charge in [-0.15, -0.1) is 0 Å².